The molecule has 4 nitrogen and oxygen atoms in total. The maximum Gasteiger partial charge on any atom is 0.255 e. The number of hydrogen-bond donors (Lipinski definition) is 1. The standard InChI is InChI=1S/C17H17N3O/c18-12-15-11-14-3-1-2-4-16(14)20(17(15)21)10-7-13-5-8-19-9-6-13/h1-6,8-9,11H,7,10,12,18H2. The largest absolute Gasteiger partial charge is 0.326 e. The monoisotopic (exact) mass is 279 g/mol. The van der Waals surface area contributed by atoms with Crippen LogP contribution in [0.25, 0.3) is 10.9 Å². The van der Waals surface area contributed by atoms with Crippen molar-refractivity contribution in [2.75, 3.05) is 0 Å². The van der Waals surface area contributed by atoms with Gasteiger partial charge >= 0.3 is 0 Å². The van der Waals surface area contributed by atoms with E-state index < -0.39 is 0 Å². The van der Waals surface area contributed by atoms with Crippen LogP contribution in [0.2, 0.25) is 0 Å². The zero-order valence-electron chi connectivity index (χ0n) is 11.7. The smallest absolute Gasteiger partial charge is 0.255 e. The minimum absolute atomic E-state index is 0.00487. The molecule has 0 spiro atoms. The van der Waals surface area contributed by atoms with Crippen LogP contribution in [0, 0.1) is 0 Å². The first kappa shape index (κ1) is 13.5. The van der Waals surface area contributed by atoms with Crippen LogP contribution in [0.1, 0.15) is 11.1 Å². The molecule has 0 saturated carbocycles. The molecule has 2 heterocycles. The summed E-state index contributed by atoms with van der Waals surface area (Å²) in [5.41, 5.74) is 8.48. The molecule has 21 heavy (non-hydrogen) atoms. The molecule has 0 aliphatic rings. The van der Waals surface area contributed by atoms with Crippen molar-refractivity contribution in [3.63, 3.8) is 0 Å². The predicted octanol–water partition coefficient (Wildman–Crippen LogP) is 2.10. The van der Waals surface area contributed by atoms with Gasteiger partial charge in [0.05, 0.1) is 5.52 Å². The van der Waals surface area contributed by atoms with E-state index in [0.717, 1.165) is 17.3 Å². The number of benzene rings is 1. The van der Waals surface area contributed by atoms with Gasteiger partial charge in [-0.2, -0.15) is 0 Å². The molecule has 0 aliphatic carbocycles. The van der Waals surface area contributed by atoms with Crippen molar-refractivity contribution in [2.24, 2.45) is 5.73 Å². The van der Waals surface area contributed by atoms with Gasteiger partial charge in [0.15, 0.2) is 0 Å². The lowest BCUT2D eigenvalue weighted by molar-refractivity contribution is 0.686. The molecule has 1 aromatic carbocycles. The van der Waals surface area contributed by atoms with E-state index in [-0.39, 0.29) is 12.1 Å². The van der Waals surface area contributed by atoms with Crippen LogP contribution >= 0.6 is 0 Å². The predicted molar refractivity (Wildman–Crippen MR) is 84.0 cm³/mol. The molecule has 0 unspecified atom stereocenters. The molecule has 2 N–H and O–H groups in total. The van der Waals surface area contributed by atoms with Gasteiger partial charge in [0.1, 0.15) is 0 Å². The third-order valence-electron chi connectivity index (χ3n) is 3.67. The second-order valence-electron chi connectivity index (χ2n) is 4.99. The first-order chi connectivity index (χ1) is 10.3. The van der Waals surface area contributed by atoms with E-state index in [4.69, 9.17) is 5.73 Å². The van der Waals surface area contributed by atoms with E-state index in [2.05, 4.69) is 4.98 Å². The van der Waals surface area contributed by atoms with Gasteiger partial charge in [-0.25, -0.2) is 0 Å². The summed E-state index contributed by atoms with van der Waals surface area (Å²) >= 11 is 0. The Kier molecular flexibility index (Phi) is 3.79. The Balaban J connectivity index is 2.04. The van der Waals surface area contributed by atoms with Crippen LogP contribution in [0.15, 0.2) is 59.7 Å². The van der Waals surface area contributed by atoms with Crippen LogP contribution < -0.4 is 11.3 Å². The molecule has 2 aromatic heterocycles. The second-order valence-corrected chi connectivity index (χ2v) is 4.99. The molecule has 106 valence electrons. The third-order valence-corrected chi connectivity index (χ3v) is 3.67. The fourth-order valence-electron chi connectivity index (χ4n) is 2.55. The summed E-state index contributed by atoms with van der Waals surface area (Å²) in [5.74, 6) is 0. The SMILES string of the molecule is NCc1cc2ccccc2n(CCc2ccncc2)c1=O. The molecular formula is C17H17N3O. The Labute approximate surface area is 122 Å². The first-order valence-electron chi connectivity index (χ1n) is 7.00. The lowest BCUT2D eigenvalue weighted by Gasteiger charge is -2.12. The number of aryl methyl sites for hydroxylation is 2. The van der Waals surface area contributed by atoms with Crippen molar-refractivity contribution in [2.45, 2.75) is 19.5 Å². The van der Waals surface area contributed by atoms with Gasteiger partial charge < -0.3 is 10.3 Å². The minimum Gasteiger partial charge on any atom is -0.326 e. The van der Waals surface area contributed by atoms with E-state index in [1.807, 2.05) is 47.0 Å². The molecule has 0 fully saturated rings. The maximum atomic E-state index is 12.5. The number of nitrogens with two attached hydrogens (primary N) is 1. The van der Waals surface area contributed by atoms with E-state index in [9.17, 15) is 4.79 Å². The molecule has 0 radical (unpaired) electrons. The lowest BCUT2D eigenvalue weighted by Crippen LogP contribution is -2.26. The Morgan fingerprint density at radius 1 is 1.10 bits per heavy atom. The second kappa shape index (κ2) is 5.89. The van der Waals surface area contributed by atoms with E-state index in [0.29, 0.717) is 12.1 Å². The Bertz CT molecular complexity index is 809. The van der Waals surface area contributed by atoms with Crippen molar-refractivity contribution in [1.82, 2.24) is 9.55 Å². The summed E-state index contributed by atoms with van der Waals surface area (Å²) in [7, 11) is 0. The first-order valence-corrected chi connectivity index (χ1v) is 7.00. The van der Waals surface area contributed by atoms with Gasteiger partial charge in [0.25, 0.3) is 5.56 Å². The van der Waals surface area contributed by atoms with Crippen LogP contribution in [0.3, 0.4) is 0 Å². The summed E-state index contributed by atoms with van der Waals surface area (Å²) in [4.78, 5) is 16.5. The number of nitrogens with zero attached hydrogens (tertiary/aromatic N) is 2. The van der Waals surface area contributed by atoms with E-state index >= 15 is 0 Å². The average Bonchev–Trinajstić information content (AvgIpc) is 2.54. The summed E-state index contributed by atoms with van der Waals surface area (Å²) in [5, 5.41) is 1.05. The van der Waals surface area contributed by atoms with Gasteiger partial charge in [-0.1, -0.05) is 18.2 Å². The number of para-hydroxylation sites is 1. The van der Waals surface area contributed by atoms with Gasteiger partial charge in [-0.3, -0.25) is 9.78 Å². The van der Waals surface area contributed by atoms with Gasteiger partial charge in [-0.05, 0) is 41.6 Å². The zero-order valence-corrected chi connectivity index (χ0v) is 11.7. The van der Waals surface area contributed by atoms with Gasteiger partial charge in [0.2, 0.25) is 0 Å². The highest BCUT2D eigenvalue weighted by Gasteiger charge is 2.08. The van der Waals surface area contributed by atoms with Crippen molar-refractivity contribution in [3.05, 3.63) is 76.3 Å². The Hall–Kier alpha value is -2.46. The Morgan fingerprint density at radius 3 is 2.62 bits per heavy atom. The van der Waals surface area contributed by atoms with Crippen LogP contribution in [-0.2, 0) is 19.5 Å². The fourth-order valence-corrected chi connectivity index (χ4v) is 2.55. The van der Waals surface area contributed by atoms with Crippen molar-refractivity contribution >= 4 is 10.9 Å². The van der Waals surface area contributed by atoms with Crippen LogP contribution in [0.4, 0.5) is 0 Å². The van der Waals surface area contributed by atoms with Crippen LogP contribution in [-0.4, -0.2) is 9.55 Å². The molecule has 0 atom stereocenters. The molecule has 0 bridgehead atoms. The molecule has 0 amide bonds. The van der Waals surface area contributed by atoms with Gasteiger partial charge in [-0.15, -0.1) is 0 Å². The normalized spacial score (nSPS) is 10.9. The van der Waals surface area contributed by atoms with Crippen LogP contribution in [0.5, 0.6) is 0 Å². The zero-order chi connectivity index (χ0) is 14.7. The molecule has 0 aliphatic heterocycles. The number of rotatable bonds is 4. The lowest BCUT2D eigenvalue weighted by atomic mass is 10.1. The molecular weight excluding hydrogens is 262 g/mol. The highest BCUT2D eigenvalue weighted by Crippen LogP contribution is 2.14. The molecule has 3 aromatic rings. The summed E-state index contributed by atoms with van der Waals surface area (Å²) in [6.45, 7) is 0.899. The van der Waals surface area contributed by atoms with Crippen molar-refractivity contribution in [3.8, 4) is 0 Å². The average molecular weight is 279 g/mol. The minimum atomic E-state index is 0.00487. The molecule has 0 saturated heterocycles. The number of hydrogen-bond acceptors (Lipinski definition) is 3. The highest BCUT2D eigenvalue weighted by atomic mass is 16.1. The van der Waals surface area contributed by atoms with Gasteiger partial charge in [0, 0.05) is 31.0 Å². The fraction of sp³-hybridized carbons (Fsp3) is 0.176. The molecule has 3 rings (SSSR count). The highest BCUT2D eigenvalue weighted by molar-refractivity contribution is 5.79. The number of pyridine rings is 2. The summed E-state index contributed by atoms with van der Waals surface area (Å²) in [6.07, 6.45) is 4.33. The third kappa shape index (κ3) is 2.71. The Morgan fingerprint density at radius 2 is 1.86 bits per heavy atom. The topological polar surface area (TPSA) is 60.9 Å². The summed E-state index contributed by atoms with van der Waals surface area (Å²) < 4.78 is 1.82. The van der Waals surface area contributed by atoms with Crippen molar-refractivity contribution in [1.29, 1.82) is 0 Å². The van der Waals surface area contributed by atoms with E-state index in [1.54, 1.807) is 12.4 Å². The maximum absolute atomic E-state index is 12.5. The molecule has 4 heteroatoms. The van der Waals surface area contributed by atoms with Crippen molar-refractivity contribution < 1.29 is 0 Å². The summed E-state index contributed by atoms with van der Waals surface area (Å²) in [6, 6.07) is 13.7. The number of aromatic nitrogens is 2. The quantitative estimate of drug-likeness (QED) is 0.795. The van der Waals surface area contributed by atoms with E-state index in [1.165, 1.54) is 5.56 Å². The number of fused-ring (bicyclic) bond motifs is 1.